The minimum atomic E-state index is -0.202. The van der Waals surface area contributed by atoms with Crippen molar-refractivity contribution in [1.29, 1.82) is 0 Å². The normalized spacial score (nSPS) is 10.2. The van der Waals surface area contributed by atoms with Crippen molar-refractivity contribution in [3.05, 3.63) is 42.2 Å². The maximum absolute atomic E-state index is 11.6. The van der Waals surface area contributed by atoms with E-state index in [0.717, 1.165) is 12.2 Å². The van der Waals surface area contributed by atoms with Gasteiger partial charge in [0.05, 0.1) is 25.2 Å². The first-order valence-electron chi connectivity index (χ1n) is 6.16. The van der Waals surface area contributed by atoms with E-state index >= 15 is 0 Å². The summed E-state index contributed by atoms with van der Waals surface area (Å²) in [5.74, 6) is 1.21. The third-order valence-corrected chi connectivity index (χ3v) is 2.44. The fourth-order valence-electron chi connectivity index (χ4n) is 1.46. The highest BCUT2D eigenvalue weighted by Crippen LogP contribution is 2.05. The molecule has 2 heterocycles. The first-order valence-corrected chi connectivity index (χ1v) is 6.16. The molecular weight excluding hydrogens is 244 g/mol. The molecule has 1 amide bonds. The van der Waals surface area contributed by atoms with Gasteiger partial charge in [0, 0.05) is 6.54 Å². The van der Waals surface area contributed by atoms with E-state index < -0.39 is 0 Å². The zero-order valence-electron chi connectivity index (χ0n) is 10.7. The summed E-state index contributed by atoms with van der Waals surface area (Å²) in [6.45, 7) is 3.16. The van der Waals surface area contributed by atoms with Gasteiger partial charge in [-0.1, -0.05) is 6.92 Å². The van der Waals surface area contributed by atoms with Crippen LogP contribution in [0, 0.1) is 0 Å². The molecule has 100 valence electrons. The van der Waals surface area contributed by atoms with E-state index in [4.69, 9.17) is 4.42 Å². The van der Waals surface area contributed by atoms with Crippen LogP contribution in [0.2, 0.25) is 0 Å². The predicted octanol–water partition coefficient (Wildman–Crippen LogP) is 1.82. The molecule has 0 aliphatic carbocycles. The van der Waals surface area contributed by atoms with Crippen molar-refractivity contribution in [3.8, 4) is 0 Å². The topological polar surface area (TPSA) is 80.0 Å². The van der Waals surface area contributed by atoms with Crippen molar-refractivity contribution < 1.29 is 9.21 Å². The molecule has 0 bridgehead atoms. The van der Waals surface area contributed by atoms with Gasteiger partial charge in [0.25, 0.3) is 5.91 Å². The van der Waals surface area contributed by atoms with Crippen LogP contribution in [-0.4, -0.2) is 22.4 Å². The maximum atomic E-state index is 11.6. The molecular formula is C13H16N4O2. The molecule has 0 saturated heterocycles. The van der Waals surface area contributed by atoms with E-state index in [1.165, 1.54) is 12.4 Å². The van der Waals surface area contributed by atoms with Crippen LogP contribution in [0.1, 0.15) is 29.6 Å². The Hall–Kier alpha value is -2.37. The number of furan rings is 1. The zero-order chi connectivity index (χ0) is 13.5. The van der Waals surface area contributed by atoms with Crippen molar-refractivity contribution >= 4 is 11.7 Å². The molecule has 0 radical (unpaired) electrons. The van der Waals surface area contributed by atoms with Gasteiger partial charge < -0.3 is 15.1 Å². The van der Waals surface area contributed by atoms with E-state index in [1.807, 2.05) is 19.1 Å². The molecule has 0 aliphatic heterocycles. The fourth-order valence-corrected chi connectivity index (χ4v) is 1.46. The van der Waals surface area contributed by atoms with Crippen LogP contribution >= 0.6 is 0 Å². The van der Waals surface area contributed by atoms with Crippen LogP contribution in [0.3, 0.4) is 0 Å². The smallest absolute Gasteiger partial charge is 0.271 e. The molecule has 6 nitrogen and oxygen atoms in total. The first kappa shape index (κ1) is 13.1. The summed E-state index contributed by atoms with van der Waals surface area (Å²) < 4.78 is 5.19. The van der Waals surface area contributed by atoms with Gasteiger partial charge in [0.2, 0.25) is 0 Å². The monoisotopic (exact) mass is 260 g/mol. The highest BCUT2D eigenvalue weighted by molar-refractivity contribution is 5.91. The standard InChI is InChI=1S/C13H16N4O2/c1-2-5-14-13(18)11-8-17-12(9-15-11)16-7-10-4-3-6-19-10/h3-4,6,8-9H,2,5,7H2,1H3,(H,14,18)(H,16,17). The average Bonchev–Trinajstić information content (AvgIpc) is 2.96. The third-order valence-electron chi connectivity index (χ3n) is 2.44. The average molecular weight is 260 g/mol. The molecule has 2 aromatic heterocycles. The molecule has 0 unspecified atom stereocenters. The Morgan fingerprint density at radius 1 is 1.37 bits per heavy atom. The Labute approximate surface area is 111 Å². The number of nitrogens with one attached hydrogen (secondary N) is 2. The van der Waals surface area contributed by atoms with Crippen LogP contribution < -0.4 is 10.6 Å². The van der Waals surface area contributed by atoms with E-state index in [0.29, 0.717) is 24.6 Å². The number of amides is 1. The summed E-state index contributed by atoms with van der Waals surface area (Å²) in [7, 11) is 0. The summed E-state index contributed by atoms with van der Waals surface area (Å²) in [5.41, 5.74) is 0.317. The minimum absolute atomic E-state index is 0.202. The van der Waals surface area contributed by atoms with Gasteiger partial charge in [-0.2, -0.15) is 0 Å². The maximum Gasteiger partial charge on any atom is 0.271 e. The SMILES string of the molecule is CCCNC(=O)c1cnc(NCc2ccco2)cn1. The summed E-state index contributed by atoms with van der Waals surface area (Å²) in [6, 6.07) is 3.69. The van der Waals surface area contributed by atoms with Crippen LogP contribution in [0.15, 0.2) is 35.2 Å². The van der Waals surface area contributed by atoms with Gasteiger partial charge in [-0.3, -0.25) is 4.79 Å². The Balaban J connectivity index is 1.89. The Morgan fingerprint density at radius 2 is 2.26 bits per heavy atom. The Bertz CT molecular complexity index is 508. The third kappa shape index (κ3) is 3.80. The molecule has 2 aromatic rings. The molecule has 0 spiro atoms. The van der Waals surface area contributed by atoms with Gasteiger partial charge in [-0.15, -0.1) is 0 Å². The molecule has 0 saturated carbocycles. The van der Waals surface area contributed by atoms with Gasteiger partial charge in [0.1, 0.15) is 17.3 Å². The lowest BCUT2D eigenvalue weighted by Crippen LogP contribution is -2.25. The molecule has 0 aliphatic rings. The second-order valence-corrected chi connectivity index (χ2v) is 3.98. The Morgan fingerprint density at radius 3 is 2.89 bits per heavy atom. The number of aromatic nitrogens is 2. The number of hydrogen-bond acceptors (Lipinski definition) is 5. The summed E-state index contributed by atoms with van der Waals surface area (Å²) in [6.07, 6.45) is 5.49. The van der Waals surface area contributed by atoms with E-state index in [9.17, 15) is 4.79 Å². The summed E-state index contributed by atoms with van der Waals surface area (Å²) in [4.78, 5) is 19.8. The molecule has 2 N–H and O–H groups in total. The highest BCUT2D eigenvalue weighted by Gasteiger charge is 2.06. The van der Waals surface area contributed by atoms with Crippen molar-refractivity contribution in [3.63, 3.8) is 0 Å². The van der Waals surface area contributed by atoms with E-state index in [2.05, 4.69) is 20.6 Å². The van der Waals surface area contributed by atoms with Crippen LogP contribution in [0.25, 0.3) is 0 Å². The van der Waals surface area contributed by atoms with Crippen molar-refractivity contribution in [2.45, 2.75) is 19.9 Å². The lowest BCUT2D eigenvalue weighted by atomic mass is 10.4. The second-order valence-electron chi connectivity index (χ2n) is 3.98. The van der Waals surface area contributed by atoms with Gasteiger partial charge in [-0.05, 0) is 18.6 Å². The van der Waals surface area contributed by atoms with E-state index in [1.54, 1.807) is 6.26 Å². The molecule has 0 fully saturated rings. The van der Waals surface area contributed by atoms with Gasteiger partial charge in [0.15, 0.2) is 0 Å². The zero-order valence-corrected chi connectivity index (χ0v) is 10.7. The number of carbonyl (C=O) groups is 1. The second kappa shape index (κ2) is 6.53. The number of hydrogen-bond donors (Lipinski definition) is 2. The lowest BCUT2D eigenvalue weighted by molar-refractivity contribution is 0.0948. The van der Waals surface area contributed by atoms with Crippen LogP contribution in [-0.2, 0) is 6.54 Å². The largest absolute Gasteiger partial charge is 0.467 e. The molecule has 19 heavy (non-hydrogen) atoms. The summed E-state index contributed by atoms with van der Waals surface area (Å²) in [5, 5.41) is 5.80. The number of nitrogens with zero attached hydrogens (tertiary/aromatic N) is 2. The fraction of sp³-hybridized carbons (Fsp3) is 0.308. The molecule has 0 atom stereocenters. The summed E-state index contributed by atoms with van der Waals surface area (Å²) >= 11 is 0. The molecule has 2 rings (SSSR count). The van der Waals surface area contributed by atoms with E-state index in [-0.39, 0.29) is 5.91 Å². The van der Waals surface area contributed by atoms with Crippen molar-refractivity contribution in [2.75, 3.05) is 11.9 Å². The number of anilines is 1. The minimum Gasteiger partial charge on any atom is -0.467 e. The van der Waals surface area contributed by atoms with Crippen LogP contribution in [0.5, 0.6) is 0 Å². The first-order chi connectivity index (χ1) is 9.29. The van der Waals surface area contributed by atoms with Crippen molar-refractivity contribution in [2.24, 2.45) is 0 Å². The predicted molar refractivity (Wildman–Crippen MR) is 70.7 cm³/mol. The number of carbonyl (C=O) groups excluding carboxylic acids is 1. The quantitative estimate of drug-likeness (QED) is 0.828. The van der Waals surface area contributed by atoms with Crippen molar-refractivity contribution in [1.82, 2.24) is 15.3 Å². The lowest BCUT2D eigenvalue weighted by Gasteiger charge is -2.05. The Kier molecular flexibility index (Phi) is 4.49. The van der Waals surface area contributed by atoms with Gasteiger partial charge >= 0.3 is 0 Å². The molecule has 6 heteroatoms. The van der Waals surface area contributed by atoms with Crippen LogP contribution in [0.4, 0.5) is 5.82 Å². The number of rotatable bonds is 6. The van der Waals surface area contributed by atoms with Gasteiger partial charge in [-0.25, -0.2) is 9.97 Å². The molecule has 0 aromatic carbocycles. The highest BCUT2D eigenvalue weighted by atomic mass is 16.3.